The normalized spacial score (nSPS) is 10.3. The minimum absolute atomic E-state index is 0.182. The summed E-state index contributed by atoms with van der Waals surface area (Å²) >= 11 is 9.28. The Morgan fingerprint density at radius 2 is 2.00 bits per heavy atom. The minimum Gasteiger partial charge on any atom is -0.332 e. The van der Waals surface area contributed by atoms with E-state index in [4.69, 9.17) is 11.6 Å². The zero-order valence-corrected chi connectivity index (χ0v) is 14.5. The van der Waals surface area contributed by atoms with Crippen molar-refractivity contribution in [2.75, 3.05) is 18.9 Å². The molecule has 4 nitrogen and oxygen atoms in total. The van der Waals surface area contributed by atoms with Crippen LogP contribution in [0.3, 0.4) is 0 Å². The number of anilines is 1. The molecular formula is C16H13BrClFN2O2. The third-order valence-electron chi connectivity index (χ3n) is 2.99. The molecule has 0 aliphatic heterocycles. The monoisotopic (exact) mass is 398 g/mol. The molecule has 7 heteroatoms. The number of likely N-dealkylation sites (N-methyl/N-ethyl adjacent to an activating group) is 1. The molecule has 2 aromatic rings. The molecule has 0 heterocycles. The van der Waals surface area contributed by atoms with Gasteiger partial charge in [0.25, 0.3) is 5.91 Å². The Balaban J connectivity index is 2.03. The highest BCUT2D eigenvalue weighted by Crippen LogP contribution is 2.22. The van der Waals surface area contributed by atoms with Gasteiger partial charge in [-0.2, -0.15) is 0 Å². The summed E-state index contributed by atoms with van der Waals surface area (Å²) in [7, 11) is 1.49. The SMILES string of the molecule is CN(CC(=O)Nc1cccc(F)c1)C(=O)c1cc(Br)ccc1Cl. The maximum absolute atomic E-state index is 13.1. The fourth-order valence-corrected chi connectivity index (χ4v) is 2.48. The Kier molecular flexibility index (Phi) is 5.74. The van der Waals surface area contributed by atoms with Gasteiger partial charge in [-0.05, 0) is 36.4 Å². The van der Waals surface area contributed by atoms with E-state index in [1.54, 1.807) is 24.3 Å². The van der Waals surface area contributed by atoms with Crippen molar-refractivity contribution in [3.05, 3.63) is 63.3 Å². The number of amides is 2. The molecule has 2 amide bonds. The first-order valence-corrected chi connectivity index (χ1v) is 7.80. The van der Waals surface area contributed by atoms with Gasteiger partial charge in [-0.3, -0.25) is 9.59 Å². The summed E-state index contributed by atoms with van der Waals surface area (Å²) in [5, 5.41) is 2.83. The fourth-order valence-electron chi connectivity index (χ4n) is 1.92. The number of carbonyl (C=O) groups excluding carboxylic acids is 2. The molecule has 0 unspecified atom stereocenters. The Bertz CT molecular complexity index is 755. The molecule has 0 bridgehead atoms. The van der Waals surface area contributed by atoms with E-state index in [1.807, 2.05) is 0 Å². The lowest BCUT2D eigenvalue weighted by Gasteiger charge is -2.17. The summed E-state index contributed by atoms with van der Waals surface area (Å²) in [6.07, 6.45) is 0. The molecule has 0 fully saturated rings. The summed E-state index contributed by atoms with van der Waals surface area (Å²) in [6.45, 7) is -0.182. The van der Waals surface area contributed by atoms with E-state index in [2.05, 4.69) is 21.2 Å². The number of carbonyl (C=O) groups is 2. The van der Waals surface area contributed by atoms with Crippen LogP contribution in [0.1, 0.15) is 10.4 Å². The van der Waals surface area contributed by atoms with E-state index in [9.17, 15) is 14.0 Å². The third-order valence-corrected chi connectivity index (χ3v) is 3.82. The van der Waals surface area contributed by atoms with Crippen LogP contribution in [0.2, 0.25) is 5.02 Å². The molecule has 0 atom stereocenters. The molecule has 0 spiro atoms. The van der Waals surface area contributed by atoms with Crippen LogP contribution in [-0.2, 0) is 4.79 Å². The highest BCUT2D eigenvalue weighted by molar-refractivity contribution is 9.10. The van der Waals surface area contributed by atoms with Crippen molar-refractivity contribution in [1.82, 2.24) is 4.90 Å². The summed E-state index contributed by atoms with van der Waals surface area (Å²) in [4.78, 5) is 25.5. The van der Waals surface area contributed by atoms with Crippen LogP contribution in [-0.4, -0.2) is 30.3 Å². The third kappa shape index (κ3) is 4.77. The average Bonchev–Trinajstić information content (AvgIpc) is 2.48. The van der Waals surface area contributed by atoms with Crippen LogP contribution in [0.15, 0.2) is 46.9 Å². The van der Waals surface area contributed by atoms with E-state index in [0.717, 1.165) is 0 Å². The molecule has 0 aliphatic rings. The second-order valence-electron chi connectivity index (χ2n) is 4.84. The Morgan fingerprint density at radius 3 is 2.70 bits per heavy atom. The maximum Gasteiger partial charge on any atom is 0.255 e. The maximum atomic E-state index is 13.1. The molecule has 23 heavy (non-hydrogen) atoms. The predicted molar refractivity (Wildman–Crippen MR) is 91.1 cm³/mol. The van der Waals surface area contributed by atoms with Crippen LogP contribution in [0.4, 0.5) is 10.1 Å². The van der Waals surface area contributed by atoms with Gasteiger partial charge >= 0.3 is 0 Å². The lowest BCUT2D eigenvalue weighted by Crippen LogP contribution is -2.35. The van der Waals surface area contributed by atoms with Crippen molar-refractivity contribution < 1.29 is 14.0 Å². The lowest BCUT2D eigenvalue weighted by molar-refractivity contribution is -0.116. The predicted octanol–water partition coefficient (Wildman–Crippen LogP) is 3.95. The lowest BCUT2D eigenvalue weighted by atomic mass is 10.2. The highest BCUT2D eigenvalue weighted by Gasteiger charge is 2.18. The molecular weight excluding hydrogens is 387 g/mol. The number of benzene rings is 2. The number of halogens is 3. The van der Waals surface area contributed by atoms with Crippen LogP contribution >= 0.6 is 27.5 Å². The molecule has 120 valence electrons. The minimum atomic E-state index is -0.451. The molecule has 0 aromatic heterocycles. The quantitative estimate of drug-likeness (QED) is 0.846. The van der Waals surface area contributed by atoms with Crippen LogP contribution < -0.4 is 5.32 Å². The number of hydrogen-bond donors (Lipinski definition) is 1. The first-order valence-electron chi connectivity index (χ1n) is 6.63. The Hall–Kier alpha value is -1.92. The average molecular weight is 400 g/mol. The molecule has 0 radical (unpaired) electrons. The van der Waals surface area contributed by atoms with E-state index in [1.165, 1.54) is 30.1 Å². The zero-order chi connectivity index (χ0) is 17.0. The van der Waals surface area contributed by atoms with Gasteiger partial charge in [-0.25, -0.2) is 4.39 Å². The van der Waals surface area contributed by atoms with Gasteiger partial charge in [0, 0.05) is 17.2 Å². The largest absolute Gasteiger partial charge is 0.332 e. The first-order chi connectivity index (χ1) is 10.9. The first kappa shape index (κ1) is 17.4. The smallest absolute Gasteiger partial charge is 0.255 e. The fraction of sp³-hybridized carbons (Fsp3) is 0.125. The summed E-state index contributed by atoms with van der Waals surface area (Å²) in [5.41, 5.74) is 0.624. The highest BCUT2D eigenvalue weighted by atomic mass is 79.9. The van der Waals surface area contributed by atoms with E-state index < -0.39 is 11.7 Å². The van der Waals surface area contributed by atoms with Gasteiger partial charge in [0.15, 0.2) is 0 Å². The Morgan fingerprint density at radius 1 is 1.26 bits per heavy atom. The topological polar surface area (TPSA) is 49.4 Å². The van der Waals surface area contributed by atoms with Crippen LogP contribution in [0, 0.1) is 5.82 Å². The zero-order valence-electron chi connectivity index (χ0n) is 12.1. The van der Waals surface area contributed by atoms with Gasteiger partial charge in [-0.15, -0.1) is 0 Å². The van der Waals surface area contributed by atoms with E-state index in [0.29, 0.717) is 20.7 Å². The van der Waals surface area contributed by atoms with Crippen molar-refractivity contribution >= 4 is 45.0 Å². The van der Waals surface area contributed by atoms with Crippen molar-refractivity contribution in [3.8, 4) is 0 Å². The molecule has 0 aliphatic carbocycles. The number of nitrogens with one attached hydrogen (secondary N) is 1. The van der Waals surface area contributed by atoms with Gasteiger partial charge in [-0.1, -0.05) is 33.6 Å². The van der Waals surface area contributed by atoms with Crippen molar-refractivity contribution in [2.24, 2.45) is 0 Å². The molecule has 1 N–H and O–H groups in total. The van der Waals surface area contributed by atoms with Gasteiger partial charge < -0.3 is 10.2 Å². The second kappa shape index (κ2) is 7.57. The van der Waals surface area contributed by atoms with Crippen LogP contribution in [0.5, 0.6) is 0 Å². The van der Waals surface area contributed by atoms with Crippen molar-refractivity contribution in [3.63, 3.8) is 0 Å². The summed E-state index contributed by atoms with van der Waals surface area (Å²) in [5.74, 6) is -1.27. The van der Waals surface area contributed by atoms with Crippen LogP contribution in [0.25, 0.3) is 0 Å². The van der Waals surface area contributed by atoms with Gasteiger partial charge in [0.2, 0.25) is 5.91 Å². The van der Waals surface area contributed by atoms with E-state index >= 15 is 0 Å². The van der Waals surface area contributed by atoms with E-state index in [-0.39, 0.29) is 12.5 Å². The number of nitrogens with zero attached hydrogens (tertiary/aromatic N) is 1. The second-order valence-corrected chi connectivity index (χ2v) is 6.17. The number of rotatable bonds is 4. The summed E-state index contributed by atoms with van der Waals surface area (Å²) in [6, 6.07) is 10.4. The molecule has 0 saturated carbocycles. The summed E-state index contributed by atoms with van der Waals surface area (Å²) < 4.78 is 13.8. The van der Waals surface area contributed by atoms with Gasteiger partial charge in [0.1, 0.15) is 5.82 Å². The van der Waals surface area contributed by atoms with Gasteiger partial charge in [0.05, 0.1) is 17.1 Å². The molecule has 0 saturated heterocycles. The molecule has 2 aromatic carbocycles. The van der Waals surface area contributed by atoms with Crippen molar-refractivity contribution in [2.45, 2.75) is 0 Å². The Labute approximate surface area is 146 Å². The molecule has 2 rings (SSSR count). The van der Waals surface area contributed by atoms with Crippen molar-refractivity contribution in [1.29, 1.82) is 0 Å². The standard InChI is InChI=1S/C16H13BrClFN2O2/c1-21(16(23)13-7-10(17)5-6-14(13)18)9-15(22)20-12-4-2-3-11(19)8-12/h2-8H,9H2,1H3,(H,20,22). The number of hydrogen-bond acceptors (Lipinski definition) is 2.